The summed E-state index contributed by atoms with van der Waals surface area (Å²) in [4.78, 5) is 44.4. The predicted molar refractivity (Wildman–Crippen MR) is 68.0 cm³/mol. The van der Waals surface area contributed by atoms with Gasteiger partial charge in [0, 0.05) is 12.5 Å². The van der Waals surface area contributed by atoms with E-state index in [0.717, 1.165) is 6.08 Å². The van der Waals surface area contributed by atoms with Crippen molar-refractivity contribution in [2.45, 2.75) is 12.5 Å². The van der Waals surface area contributed by atoms with Gasteiger partial charge in [0.25, 0.3) is 0 Å². The summed E-state index contributed by atoms with van der Waals surface area (Å²) in [7, 11) is 0. The van der Waals surface area contributed by atoms with Gasteiger partial charge in [0.2, 0.25) is 6.10 Å². The maximum Gasteiger partial charge on any atom is 0.347 e. The minimum Gasteiger partial charge on any atom is -0.463 e. The van der Waals surface area contributed by atoms with Gasteiger partial charge in [-0.3, -0.25) is 4.79 Å². The Morgan fingerprint density at radius 1 is 1.38 bits per heavy atom. The molecule has 21 heavy (non-hydrogen) atoms. The topological polar surface area (TPSA) is 120 Å². The summed E-state index contributed by atoms with van der Waals surface area (Å²) in [6.45, 7) is 3.10. The van der Waals surface area contributed by atoms with Crippen LogP contribution >= 0.6 is 0 Å². The van der Waals surface area contributed by atoms with E-state index in [4.69, 9.17) is 4.74 Å². The van der Waals surface area contributed by atoms with Gasteiger partial charge in [0.05, 0.1) is 13.2 Å². The molecule has 1 saturated heterocycles. The quantitative estimate of drug-likeness (QED) is 0.264. The maximum atomic E-state index is 11.4. The van der Waals surface area contributed by atoms with Gasteiger partial charge < -0.3 is 24.8 Å². The summed E-state index contributed by atoms with van der Waals surface area (Å²) in [6, 6.07) is -0.629. The van der Waals surface area contributed by atoms with Crippen molar-refractivity contribution in [3.63, 3.8) is 0 Å². The fourth-order valence-electron chi connectivity index (χ4n) is 1.37. The minimum absolute atomic E-state index is 0.0172. The van der Waals surface area contributed by atoms with Crippen molar-refractivity contribution in [1.82, 2.24) is 10.6 Å². The molecule has 0 bridgehead atoms. The Bertz CT molecular complexity index is 435. The first kappa shape index (κ1) is 16.5. The lowest BCUT2D eigenvalue weighted by Gasteiger charge is -2.10. The van der Waals surface area contributed by atoms with E-state index in [-0.39, 0.29) is 26.3 Å². The van der Waals surface area contributed by atoms with Crippen LogP contribution in [0, 0.1) is 0 Å². The van der Waals surface area contributed by atoms with Crippen molar-refractivity contribution in [3.05, 3.63) is 12.7 Å². The van der Waals surface area contributed by atoms with Crippen LogP contribution in [0.2, 0.25) is 0 Å². The van der Waals surface area contributed by atoms with Crippen LogP contribution in [0.4, 0.5) is 4.79 Å². The lowest BCUT2D eigenvalue weighted by molar-refractivity contribution is -0.159. The van der Waals surface area contributed by atoms with Crippen molar-refractivity contribution in [2.24, 2.45) is 0 Å². The van der Waals surface area contributed by atoms with Crippen LogP contribution in [-0.4, -0.2) is 56.3 Å². The van der Waals surface area contributed by atoms with Gasteiger partial charge in [-0.25, -0.2) is 14.4 Å². The van der Waals surface area contributed by atoms with Crippen LogP contribution in [0.3, 0.4) is 0 Å². The second-order valence-corrected chi connectivity index (χ2v) is 3.92. The number of urea groups is 1. The molecule has 1 aliphatic heterocycles. The normalized spacial score (nSPS) is 16.6. The summed E-state index contributed by atoms with van der Waals surface area (Å²) in [5, 5.41) is 4.59. The molecular weight excluding hydrogens is 284 g/mol. The molecule has 1 heterocycles. The van der Waals surface area contributed by atoms with Gasteiger partial charge in [-0.1, -0.05) is 6.58 Å². The SMILES string of the molecule is C=CC(=O)OCCNC(=O)NCC(=O)OC1CCOC1=O. The highest BCUT2D eigenvalue weighted by Crippen LogP contribution is 2.09. The second-order valence-electron chi connectivity index (χ2n) is 3.92. The maximum absolute atomic E-state index is 11.4. The molecular formula is C12H16N2O7. The van der Waals surface area contributed by atoms with Gasteiger partial charge in [-0.2, -0.15) is 0 Å². The molecule has 0 aromatic heterocycles. The average molecular weight is 300 g/mol. The lowest BCUT2D eigenvalue weighted by atomic mass is 10.3. The second kappa shape index (κ2) is 8.56. The fourth-order valence-corrected chi connectivity index (χ4v) is 1.37. The largest absolute Gasteiger partial charge is 0.463 e. The molecule has 0 aromatic rings. The smallest absolute Gasteiger partial charge is 0.347 e. The van der Waals surface area contributed by atoms with E-state index < -0.39 is 30.0 Å². The van der Waals surface area contributed by atoms with E-state index in [9.17, 15) is 19.2 Å². The summed E-state index contributed by atoms with van der Waals surface area (Å²) in [6.07, 6.45) is 0.413. The highest BCUT2D eigenvalue weighted by atomic mass is 16.6. The molecule has 2 amide bonds. The molecule has 9 nitrogen and oxygen atoms in total. The number of nitrogens with one attached hydrogen (secondary N) is 2. The first-order valence-electron chi connectivity index (χ1n) is 6.20. The van der Waals surface area contributed by atoms with Gasteiger partial charge in [0.15, 0.2) is 0 Å². The first-order valence-corrected chi connectivity index (χ1v) is 6.20. The minimum atomic E-state index is -0.902. The first-order chi connectivity index (χ1) is 10.0. The third-order valence-electron chi connectivity index (χ3n) is 2.35. The fraction of sp³-hybridized carbons (Fsp3) is 0.500. The highest BCUT2D eigenvalue weighted by Gasteiger charge is 2.30. The third kappa shape index (κ3) is 6.41. The zero-order valence-corrected chi connectivity index (χ0v) is 11.3. The zero-order valence-electron chi connectivity index (χ0n) is 11.3. The van der Waals surface area contributed by atoms with Crippen molar-refractivity contribution in [1.29, 1.82) is 0 Å². The molecule has 0 radical (unpaired) electrons. The van der Waals surface area contributed by atoms with Gasteiger partial charge >= 0.3 is 23.9 Å². The molecule has 0 aromatic carbocycles. The molecule has 0 saturated carbocycles. The Morgan fingerprint density at radius 3 is 2.76 bits per heavy atom. The van der Waals surface area contributed by atoms with Gasteiger partial charge in [-0.15, -0.1) is 0 Å². The number of rotatable bonds is 7. The summed E-state index contributed by atoms with van der Waals surface area (Å²) >= 11 is 0. The van der Waals surface area contributed by atoms with E-state index >= 15 is 0 Å². The Morgan fingerprint density at radius 2 is 2.14 bits per heavy atom. The Labute approximate surface area is 120 Å². The predicted octanol–water partition coefficient (Wildman–Crippen LogP) is -1.13. The number of carbonyl (C=O) groups excluding carboxylic acids is 4. The number of carbonyl (C=O) groups is 4. The Balaban J connectivity index is 2.09. The van der Waals surface area contributed by atoms with Gasteiger partial charge in [-0.05, 0) is 0 Å². The number of ether oxygens (including phenoxy) is 3. The molecule has 1 aliphatic rings. The molecule has 0 spiro atoms. The molecule has 1 fully saturated rings. The monoisotopic (exact) mass is 300 g/mol. The zero-order chi connectivity index (χ0) is 15.7. The summed E-state index contributed by atoms with van der Waals surface area (Å²) in [5.74, 6) is -1.92. The van der Waals surface area contributed by atoms with Crippen LogP contribution in [0.25, 0.3) is 0 Å². The van der Waals surface area contributed by atoms with Crippen molar-refractivity contribution in [2.75, 3.05) is 26.3 Å². The van der Waals surface area contributed by atoms with E-state index in [1.54, 1.807) is 0 Å². The number of esters is 3. The van der Waals surface area contributed by atoms with Gasteiger partial charge in [0.1, 0.15) is 13.2 Å². The molecule has 1 rings (SSSR count). The number of amides is 2. The van der Waals surface area contributed by atoms with Crippen LogP contribution in [0.1, 0.15) is 6.42 Å². The lowest BCUT2D eigenvalue weighted by Crippen LogP contribution is -2.41. The van der Waals surface area contributed by atoms with Crippen LogP contribution in [0.15, 0.2) is 12.7 Å². The molecule has 2 N–H and O–H groups in total. The van der Waals surface area contributed by atoms with Crippen LogP contribution < -0.4 is 10.6 Å². The van der Waals surface area contributed by atoms with Crippen molar-refractivity contribution < 1.29 is 33.4 Å². The summed E-state index contributed by atoms with van der Waals surface area (Å²) < 4.78 is 14.1. The van der Waals surface area contributed by atoms with E-state index in [0.29, 0.717) is 6.42 Å². The molecule has 116 valence electrons. The third-order valence-corrected chi connectivity index (χ3v) is 2.35. The van der Waals surface area contributed by atoms with Crippen molar-refractivity contribution in [3.8, 4) is 0 Å². The number of hydrogen-bond donors (Lipinski definition) is 2. The number of cyclic esters (lactones) is 1. The standard InChI is InChI=1S/C12H16N2O7/c1-2-9(15)19-6-4-13-12(18)14-7-10(16)21-8-3-5-20-11(8)17/h2,8H,1,3-7H2,(H2,13,14,18). The Kier molecular flexibility index (Phi) is 6.72. The molecule has 1 atom stereocenters. The molecule has 9 heteroatoms. The summed E-state index contributed by atoms with van der Waals surface area (Å²) in [5.41, 5.74) is 0. The van der Waals surface area contributed by atoms with Crippen LogP contribution in [0.5, 0.6) is 0 Å². The van der Waals surface area contributed by atoms with E-state index in [1.807, 2.05) is 0 Å². The average Bonchev–Trinajstić information content (AvgIpc) is 2.86. The molecule has 0 aliphatic carbocycles. The number of hydrogen-bond acceptors (Lipinski definition) is 7. The molecule has 1 unspecified atom stereocenters. The van der Waals surface area contributed by atoms with E-state index in [1.165, 1.54) is 0 Å². The Hall–Kier alpha value is -2.58. The van der Waals surface area contributed by atoms with Crippen LogP contribution in [-0.2, 0) is 28.6 Å². The highest BCUT2D eigenvalue weighted by molar-refractivity contribution is 5.84. The van der Waals surface area contributed by atoms with E-state index in [2.05, 4.69) is 26.7 Å². The van der Waals surface area contributed by atoms with Crippen molar-refractivity contribution >= 4 is 23.9 Å².